The highest BCUT2D eigenvalue weighted by Crippen LogP contribution is 2.40. The van der Waals surface area contributed by atoms with Crippen molar-refractivity contribution in [1.29, 1.82) is 0 Å². The van der Waals surface area contributed by atoms with Crippen molar-refractivity contribution in [2.75, 3.05) is 6.54 Å². The lowest BCUT2D eigenvalue weighted by molar-refractivity contribution is -0.131. The van der Waals surface area contributed by atoms with E-state index in [9.17, 15) is 4.79 Å². The molecule has 1 amide bonds. The van der Waals surface area contributed by atoms with Crippen molar-refractivity contribution in [3.63, 3.8) is 0 Å². The van der Waals surface area contributed by atoms with Crippen LogP contribution in [0.5, 0.6) is 0 Å². The summed E-state index contributed by atoms with van der Waals surface area (Å²) in [5, 5.41) is 5.22. The largest absolute Gasteiger partial charge is 0.337 e. The molecule has 2 aliphatic rings. The Morgan fingerprint density at radius 2 is 1.79 bits per heavy atom. The topological polar surface area (TPSA) is 51.0 Å². The van der Waals surface area contributed by atoms with Crippen LogP contribution >= 0.6 is 11.8 Å². The molecule has 3 aromatic rings. The third-order valence-corrected chi connectivity index (χ3v) is 6.57. The van der Waals surface area contributed by atoms with Crippen LogP contribution in [0.2, 0.25) is 0 Å². The first-order chi connectivity index (χ1) is 14.2. The second-order valence-corrected chi connectivity index (χ2v) is 9.12. The van der Waals surface area contributed by atoms with Crippen molar-refractivity contribution in [3.05, 3.63) is 71.5 Å². The molecule has 6 heteroatoms. The van der Waals surface area contributed by atoms with E-state index in [-0.39, 0.29) is 11.2 Å². The number of carbonyl (C=O) groups is 1. The van der Waals surface area contributed by atoms with E-state index in [1.54, 1.807) is 0 Å². The van der Waals surface area contributed by atoms with Gasteiger partial charge >= 0.3 is 0 Å². The van der Waals surface area contributed by atoms with E-state index >= 15 is 0 Å². The Labute approximate surface area is 175 Å². The van der Waals surface area contributed by atoms with E-state index in [4.69, 9.17) is 10.1 Å². The molecule has 29 heavy (non-hydrogen) atoms. The van der Waals surface area contributed by atoms with Crippen molar-refractivity contribution in [2.24, 2.45) is 0 Å². The lowest BCUT2D eigenvalue weighted by Crippen LogP contribution is -2.40. The summed E-state index contributed by atoms with van der Waals surface area (Å²) in [5.41, 5.74) is 3.64. The molecule has 0 N–H and O–H groups in total. The first-order valence-corrected chi connectivity index (χ1v) is 11.1. The molecular weight excluding hydrogens is 380 g/mol. The van der Waals surface area contributed by atoms with Crippen LogP contribution in [0.25, 0.3) is 5.69 Å². The standard InChI is InChI=1S/C23H24N4OS/c1-16(22(28)26-14-13-17-7-5-6-8-19(17)15-26)29-23-24-21(18-11-12-18)27(25-23)20-9-3-2-4-10-20/h2-10,16,18H,11-15H2,1H3/t16-/m1/s1. The Balaban J connectivity index is 1.32. The molecule has 0 radical (unpaired) electrons. The van der Waals surface area contributed by atoms with Gasteiger partial charge in [0.25, 0.3) is 0 Å². The normalized spacial score (nSPS) is 17.1. The minimum Gasteiger partial charge on any atom is -0.337 e. The van der Waals surface area contributed by atoms with Crippen molar-refractivity contribution in [1.82, 2.24) is 19.7 Å². The van der Waals surface area contributed by atoms with Gasteiger partial charge in [0.2, 0.25) is 11.1 Å². The minimum absolute atomic E-state index is 0.161. The number of thioether (sulfide) groups is 1. The summed E-state index contributed by atoms with van der Waals surface area (Å²) in [6.45, 7) is 3.44. The van der Waals surface area contributed by atoms with E-state index in [0.29, 0.717) is 17.6 Å². The number of hydrogen-bond acceptors (Lipinski definition) is 4. The predicted molar refractivity (Wildman–Crippen MR) is 114 cm³/mol. The smallest absolute Gasteiger partial charge is 0.236 e. The zero-order valence-corrected chi connectivity index (χ0v) is 17.3. The SMILES string of the molecule is C[C@@H](Sc1nc(C2CC2)n(-c2ccccc2)n1)C(=O)N1CCc2ccccc2C1. The first-order valence-electron chi connectivity index (χ1n) is 10.2. The quantitative estimate of drug-likeness (QED) is 0.598. The van der Waals surface area contributed by atoms with Crippen LogP contribution in [0.15, 0.2) is 59.8 Å². The molecular formula is C23H24N4OS. The van der Waals surface area contributed by atoms with Gasteiger partial charge in [0.05, 0.1) is 10.9 Å². The monoisotopic (exact) mass is 404 g/mol. The molecule has 1 aliphatic heterocycles. The van der Waals surface area contributed by atoms with Crippen molar-refractivity contribution < 1.29 is 4.79 Å². The number of aromatic nitrogens is 3. The Morgan fingerprint density at radius 3 is 2.55 bits per heavy atom. The lowest BCUT2D eigenvalue weighted by Gasteiger charge is -2.30. The van der Waals surface area contributed by atoms with Gasteiger partial charge in [-0.3, -0.25) is 4.79 Å². The van der Waals surface area contributed by atoms with Crippen molar-refractivity contribution in [3.8, 4) is 5.69 Å². The summed E-state index contributed by atoms with van der Waals surface area (Å²) < 4.78 is 1.95. The summed E-state index contributed by atoms with van der Waals surface area (Å²) >= 11 is 1.47. The molecule has 0 saturated heterocycles. The third-order valence-electron chi connectivity index (χ3n) is 5.63. The molecule has 0 bridgehead atoms. The number of carbonyl (C=O) groups excluding carboxylic acids is 1. The van der Waals surface area contributed by atoms with Gasteiger partial charge in [-0.15, -0.1) is 5.10 Å². The lowest BCUT2D eigenvalue weighted by atomic mass is 10.00. The molecule has 0 unspecified atom stereocenters. The average molecular weight is 405 g/mol. The Hall–Kier alpha value is -2.60. The second-order valence-electron chi connectivity index (χ2n) is 7.81. The summed E-state index contributed by atoms with van der Waals surface area (Å²) in [5.74, 6) is 1.67. The fourth-order valence-corrected chi connectivity index (χ4v) is 4.71. The van der Waals surface area contributed by atoms with E-state index in [2.05, 4.69) is 30.3 Å². The van der Waals surface area contributed by atoms with Crippen molar-refractivity contribution in [2.45, 2.75) is 49.1 Å². The Kier molecular flexibility index (Phi) is 4.87. The van der Waals surface area contributed by atoms with Gasteiger partial charge < -0.3 is 4.90 Å². The molecule has 1 aliphatic carbocycles. The van der Waals surface area contributed by atoms with Crippen LogP contribution in [0.1, 0.15) is 42.6 Å². The number of benzene rings is 2. The molecule has 2 aromatic carbocycles. The van der Waals surface area contributed by atoms with Gasteiger partial charge in [-0.25, -0.2) is 9.67 Å². The van der Waals surface area contributed by atoms with Gasteiger partial charge in [0.15, 0.2) is 0 Å². The van der Waals surface area contributed by atoms with Crippen LogP contribution in [0.3, 0.4) is 0 Å². The fraction of sp³-hybridized carbons (Fsp3) is 0.348. The van der Waals surface area contributed by atoms with Gasteiger partial charge in [-0.1, -0.05) is 54.2 Å². The molecule has 1 saturated carbocycles. The summed E-state index contributed by atoms with van der Waals surface area (Å²) in [6, 6.07) is 18.5. The molecule has 1 atom stereocenters. The van der Waals surface area contributed by atoms with Crippen molar-refractivity contribution >= 4 is 17.7 Å². The highest BCUT2D eigenvalue weighted by Gasteiger charge is 2.32. The second kappa shape index (κ2) is 7.67. The van der Waals surface area contributed by atoms with Gasteiger partial charge in [0.1, 0.15) is 5.82 Å². The molecule has 1 fully saturated rings. The van der Waals surface area contributed by atoms with E-state index in [1.807, 2.05) is 40.8 Å². The number of amides is 1. The Morgan fingerprint density at radius 1 is 1.07 bits per heavy atom. The third kappa shape index (κ3) is 3.81. The zero-order chi connectivity index (χ0) is 19.8. The molecule has 148 valence electrons. The maximum Gasteiger partial charge on any atom is 0.236 e. The molecule has 1 aromatic heterocycles. The zero-order valence-electron chi connectivity index (χ0n) is 16.5. The number of fused-ring (bicyclic) bond motifs is 1. The van der Waals surface area contributed by atoms with Gasteiger partial charge in [-0.05, 0) is 49.4 Å². The van der Waals surface area contributed by atoms with E-state index in [0.717, 1.165) is 37.3 Å². The van der Waals surface area contributed by atoms with E-state index in [1.165, 1.54) is 22.9 Å². The molecule has 0 spiro atoms. The maximum atomic E-state index is 13.1. The number of hydrogen-bond donors (Lipinski definition) is 0. The predicted octanol–water partition coefficient (Wildman–Crippen LogP) is 4.21. The van der Waals surface area contributed by atoms with Crippen LogP contribution in [-0.2, 0) is 17.8 Å². The fourth-order valence-electron chi connectivity index (χ4n) is 3.87. The molecule has 5 nitrogen and oxygen atoms in total. The molecule has 5 rings (SSSR count). The highest BCUT2D eigenvalue weighted by molar-refractivity contribution is 8.00. The Bertz CT molecular complexity index is 1030. The number of rotatable bonds is 5. The average Bonchev–Trinajstić information content (AvgIpc) is 3.53. The maximum absolute atomic E-state index is 13.1. The highest BCUT2D eigenvalue weighted by atomic mass is 32.2. The van der Waals surface area contributed by atoms with Crippen LogP contribution in [0, 0.1) is 0 Å². The summed E-state index contributed by atoms with van der Waals surface area (Å²) in [6.07, 6.45) is 3.25. The van der Waals surface area contributed by atoms with Gasteiger partial charge in [-0.2, -0.15) is 0 Å². The van der Waals surface area contributed by atoms with Crippen LogP contribution in [0.4, 0.5) is 0 Å². The minimum atomic E-state index is -0.209. The number of nitrogens with zero attached hydrogens (tertiary/aromatic N) is 4. The molecule has 2 heterocycles. The summed E-state index contributed by atoms with van der Waals surface area (Å²) in [7, 11) is 0. The van der Waals surface area contributed by atoms with Crippen LogP contribution in [-0.4, -0.2) is 37.4 Å². The first kappa shape index (κ1) is 18.4. The summed E-state index contributed by atoms with van der Waals surface area (Å²) in [4.78, 5) is 19.8. The van der Waals surface area contributed by atoms with Crippen LogP contribution < -0.4 is 0 Å². The van der Waals surface area contributed by atoms with E-state index < -0.39 is 0 Å². The number of para-hydroxylation sites is 1. The van der Waals surface area contributed by atoms with Gasteiger partial charge in [0, 0.05) is 19.0 Å².